The van der Waals surface area contributed by atoms with Gasteiger partial charge in [0.15, 0.2) is 0 Å². The van der Waals surface area contributed by atoms with E-state index in [1.807, 2.05) is 24.3 Å². The summed E-state index contributed by atoms with van der Waals surface area (Å²) in [6, 6.07) is 12.9. The Morgan fingerprint density at radius 3 is 2.36 bits per heavy atom. The number of hydrogen-bond acceptors (Lipinski definition) is 4. The van der Waals surface area contributed by atoms with Gasteiger partial charge in [-0.1, -0.05) is 12.1 Å². The van der Waals surface area contributed by atoms with Gasteiger partial charge in [0.05, 0.1) is 4.92 Å². The van der Waals surface area contributed by atoms with Crippen LogP contribution in [0.15, 0.2) is 48.5 Å². The lowest BCUT2D eigenvalue weighted by Crippen LogP contribution is -2.24. The predicted molar refractivity (Wildman–Crippen MR) is 92.3 cm³/mol. The van der Waals surface area contributed by atoms with Crippen LogP contribution in [0.4, 0.5) is 11.4 Å². The van der Waals surface area contributed by atoms with Crippen LogP contribution in [0.5, 0.6) is 0 Å². The van der Waals surface area contributed by atoms with Gasteiger partial charge in [-0.05, 0) is 36.2 Å². The van der Waals surface area contributed by atoms with Gasteiger partial charge in [0.2, 0.25) is 5.91 Å². The zero-order chi connectivity index (χ0) is 17.8. The normalized spacial score (nSPS) is 13.8. The number of nitro benzene ring substituents is 1. The summed E-state index contributed by atoms with van der Waals surface area (Å²) < 4.78 is 0. The van der Waals surface area contributed by atoms with Crippen LogP contribution in [0.3, 0.4) is 0 Å². The van der Waals surface area contributed by atoms with Gasteiger partial charge in [0, 0.05) is 42.9 Å². The minimum atomic E-state index is -0.506. The van der Waals surface area contributed by atoms with E-state index in [2.05, 4.69) is 5.32 Å². The van der Waals surface area contributed by atoms with Crippen molar-refractivity contribution in [2.24, 2.45) is 0 Å². The van der Waals surface area contributed by atoms with Gasteiger partial charge >= 0.3 is 0 Å². The maximum atomic E-state index is 12.1. The van der Waals surface area contributed by atoms with E-state index in [9.17, 15) is 19.7 Å². The van der Waals surface area contributed by atoms with E-state index in [1.165, 1.54) is 24.3 Å². The van der Waals surface area contributed by atoms with Crippen LogP contribution in [-0.2, 0) is 11.3 Å². The van der Waals surface area contributed by atoms with Crippen molar-refractivity contribution < 1.29 is 14.5 Å². The first-order valence-corrected chi connectivity index (χ1v) is 7.96. The van der Waals surface area contributed by atoms with Gasteiger partial charge in [-0.15, -0.1) is 0 Å². The molecule has 0 spiro atoms. The molecule has 2 aromatic rings. The number of carbonyl (C=O) groups excluding carboxylic acids is 2. The van der Waals surface area contributed by atoms with E-state index >= 15 is 0 Å². The van der Waals surface area contributed by atoms with Crippen molar-refractivity contribution in [2.45, 2.75) is 19.4 Å². The molecule has 0 radical (unpaired) electrons. The van der Waals surface area contributed by atoms with Gasteiger partial charge in [-0.3, -0.25) is 19.7 Å². The monoisotopic (exact) mass is 339 g/mol. The lowest BCUT2D eigenvalue weighted by Gasteiger charge is -2.16. The average Bonchev–Trinajstić information content (AvgIpc) is 3.06. The third-order valence-electron chi connectivity index (χ3n) is 4.11. The minimum absolute atomic E-state index is 0.0522. The second-order valence-electron chi connectivity index (χ2n) is 5.80. The Morgan fingerprint density at radius 2 is 1.80 bits per heavy atom. The predicted octanol–water partition coefficient (Wildman–Crippen LogP) is 2.65. The number of amides is 2. The van der Waals surface area contributed by atoms with Crippen molar-refractivity contribution in [3.05, 3.63) is 69.8 Å². The highest BCUT2D eigenvalue weighted by Gasteiger charge is 2.21. The van der Waals surface area contributed by atoms with Crippen LogP contribution in [0.25, 0.3) is 0 Å². The zero-order valence-electron chi connectivity index (χ0n) is 13.5. The number of nitrogens with one attached hydrogen (secondary N) is 1. The molecule has 0 aliphatic carbocycles. The van der Waals surface area contributed by atoms with Gasteiger partial charge in [0.25, 0.3) is 11.6 Å². The Kier molecular flexibility index (Phi) is 4.74. The second kappa shape index (κ2) is 7.12. The highest BCUT2D eigenvalue weighted by atomic mass is 16.6. The fraction of sp³-hybridized carbons (Fsp3) is 0.222. The summed E-state index contributed by atoms with van der Waals surface area (Å²) in [5.74, 6) is -0.159. The Labute approximate surface area is 144 Å². The summed E-state index contributed by atoms with van der Waals surface area (Å²) in [7, 11) is 0. The van der Waals surface area contributed by atoms with E-state index in [0.717, 1.165) is 24.2 Å². The fourth-order valence-electron chi connectivity index (χ4n) is 2.73. The molecule has 7 nitrogen and oxygen atoms in total. The lowest BCUT2D eigenvalue weighted by molar-refractivity contribution is -0.384. The van der Waals surface area contributed by atoms with Crippen molar-refractivity contribution in [1.82, 2.24) is 5.32 Å². The van der Waals surface area contributed by atoms with E-state index in [-0.39, 0.29) is 17.5 Å². The lowest BCUT2D eigenvalue weighted by atomic mass is 10.1. The molecule has 0 saturated carbocycles. The van der Waals surface area contributed by atoms with E-state index in [1.54, 1.807) is 4.90 Å². The standard InChI is InChI=1S/C18H17N3O4/c22-17-2-1-11-20(17)15-7-3-13(4-8-15)12-19-18(23)14-5-9-16(10-6-14)21(24)25/h3-10H,1-2,11-12H2,(H,19,23). The van der Waals surface area contributed by atoms with Crippen molar-refractivity contribution >= 4 is 23.2 Å². The molecule has 128 valence electrons. The van der Waals surface area contributed by atoms with Crippen molar-refractivity contribution in [3.63, 3.8) is 0 Å². The molecule has 1 aliphatic rings. The molecule has 3 rings (SSSR count). The van der Waals surface area contributed by atoms with Crippen LogP contribution < -0.4 is 10.2 Å². The van der Waals surface area contributed by atoms with E-state index < -0.39 is 4.92 Å². The van der Waals surface area contributed by atoms with Crippen molar-refractivity contribution in [2.75, 3.05) is 11.4 Å². The number of anilines is 1. The smallest absolute Gasteiger partial charge is 0.269 e. The second-order valence-corrected chi connectivity index (χ2v) is 5.80. The van der Waals surface area contributed by atoms with Crippen LogP contribution in [0, 0.1) is 10.1 Å². The first-order chi connectivity index (χ1) is 12.0. The first-order valence-electron chi connectivity index (χ1n) is 7.96. The molecule has 2 amide bonds. The first kappa shape index (κ1) is 16.6. The summed E-state index contributed by atoms with van der Waals surface area (Å²) in [6.45, 7) is 1.08. The highest BCUT2D eigenvalue weighted by Crippen LogP contribution is 2.21. The SMILES string of the molecule is O=C(NCc1ccc(N2CCCC2=O)cc1)c1ccc([N+](=O)[O-])cc1. The molecular formula is C18H17N3O4. The molecule has 1 aliphatic heterocycles. The highest BCUT2D eigenvalue weighted by molar-refractivity contribution is 5.95. The number of nitro groups is 1. The topological polar surface area (TPSA) is 92.6 Å². The third kappa shape index (κ3) is 3.82. The molecule has 0 bridgehead atoms. The number of rotatable bonds is 5. The quantitative estimate of drug-likeness (QED) is 0.669. The summed E-state index contributed by atoms with van der Waals surface area (Å²) in [4.78, 5) is 35.7. The van der Waals surface area contributed by atoms with E-state index in [0.29, 0.717) is 18.5 Å². The maximum absolute atomic E-state index is 12.1. The van der Waals surface area contributed by atoms with Crippen LogP contribution in [-0.4, -0.2) is 23.3 Å². The Bertz CT molecular complexity index is 800. The Morgan fingerprint density at radius 1 is 1.12 bits per heavy atom. The molecule has 0 unspecified atom stereocenters. The van der Waals surface area contributed by atoms with Crippen LogP contribution in [0.2, 0.25) is 0 Å². The number of benzene rings is 2. The number of non-ortho nitro benzene ring substituents is 1. The molecular weight excluding hydrogens is 322 g/mol. The maximum Gasteiger partial charge on any atom is 0.269 e. The summed E-state index contributed by atoms with van der Waals surface area (Å²) in [6.07, 6.45) is 1.47. The third-order valence-corrected chi connectivity index (χ3v) is 4.11. The molecule has 2 aromatic carbocycles. The van der Waals surface area contributed by atoms with Crippen molar-refractivity contribution in [3.8, 4) is 0 Å². The molecule has 0 aromatic heterocycles. The van der Waals surface area contributed by atoms with Crippen LogP contribution >= 0.6 is 0 Å². The summed E-state index contributed by atoms with van der Waals surface area (Å²) in [5.41, 5.74) is 2.09. The van der Waals surface area contributed by atoms with Crippen LogP contribution in [0.1, 0.15) is 28.8 Å². The zero-order valence-corrected chi connectivity index (χ0v) is 13.5. The molecule has 1 N–H and O–H groups in total. The molecule has 1 heterocycles. The fourth-order valence-corrected chi connectivity index (χ4v) is 2.73. The van der Waals surface area contributed by atoms with Gasteiger partial charge in [0.1, 0.15) is 0 Å². The van der Waals surface area contributed by atoms with Gasteiger partial charge in [-0.25, -0.2) is 0 Å². The molecule has 1 fully saturated rings. The minimum Gasteiger partial charge on any atom is -0.348 e. The molecule has 0 atom stereocenters. The molecule has 7 heteroatoms. The Balaban J connectivity index is 1.58. The summed E-state index contributed by atoms with van der Waals surface area (Å²) in [5, 5.41) is 13.4. The summed E-state index contributed by atoms with van der Waals surface area (Å²) >= 11 is 0. The Hall–Kier alpha value is -3.22. The molecule has 25 heavy (non-hydrogen) atoms. The van der Waals surface area contributed by atoms with Gasteiger partial charge in [-0.2, -0.15) is 0 Å². The molecule has 1 saturated heterocycles. The average molecular weight is 339 g/mol. The van der Waals surface area contributed by atoms with E-state index in [4.69, 9.17) is 0 Å². The largest absolute Gasteiger partial charge is 0.348 e. The van der Waals surface area contributed by atoms with Crippen molar-refractivity contribution in [1.29, 1.82) is 0 Å². The number of hydrogen-bond donors (Lipinski definition) is 1. The number of carbonyl (C=O) groups is 2. The van der Waals surface area contributed by atoms with Gasteiger partial charge < -0.3 is 10.2 Å². The number of nitrogens with zero attached hydrogens (tertiary/aromatic N) is 2.